The molecule has 0 atom stereocenters. The summed E-state index contributed by atoms with van der Waals surface area (Å²) in [6, 6.07) is 14.0. The molecule has 136 valence electrons. The van der Waals surface area contributed by atoms with Crippen molar-refractivity contribution >= 4 is 17.6 Å². The number of rotatable bonds is 6. The van der Waals surface area contributed by atoms with Gasteiger partial charge in [0.2, 0.25) is 0 Å². The maximum absolute atomic E-state index is 12.8. The summed E-state index contributed by atoms with van der Waals surface area (Å²) in [5.41, 5.74) is -0.405. The second kappa shape index (κ2) is 7.07. The molecular weight excluding hydrogens is 334 g/mol. The monoisotopic (exact) mass is 355 g/mol. The summed E-state index contributed by atoms with van der Waals surface area (Å²) in [4.78, 5) is 25.6. The molecule has 1 aliphatic heterocycles. The third kappa shape index (κ3) is 3.64. The molecule has 26 heavy (non-hydrogen) atoms. The summed E-state index contributed by atoms with van der Waals surface area (Å²) in [6.07, 6.45) is 0.605. The summed E-state index contributed by atoms with van der Waals surface area (Å²) >= 11 is 0. The number of carbonyl (C=O) groups is 2. The highest BCUT2D eigenvalue weighted by molar-refractivity contribution is 6.03. The van der Waals surface area contributed by atoms with E-state index in [1.54, 1.807) is 24.8 Å². The van der Waals surface area contributed by atoms with Crippen molar-refractivity contribution < 1.29 is 24.2 Å². The van der Waals surface area contributed by atoms with Gasteiger partial charge in [0.15, 0.2) is 5.60 Å². The maximum Gasteiger partial charge on any atom is 0.335 e. The lowest BCUT2D eigenvalue weighted by molar-refractivity contribution is -0.132. The van der Waals surface area contributed by atoms with E-state index in [1.165, 1.54) is 12.1 Å². The van der Waals surface area contributed by atoms with Crippen molar-refractivity contribution in [3.63, 3.8) is 0 Å². The van der Waals surface area contributed by atoms with Crippen LogP contribution in [0.5, 0.6) is 11.5 Å². The van der Waals surface area contributed by atoms with E-state index in [0.717, 1.165) is 5.75 Å². The van der Waals surface area contributed by atoms with Gasteiger partial charge in [0.05, 0.1) is 17.9 Å². The Morgan fingerprint density at radius 1 is 1.19 bits per heavy atom. The van der Waals surface area contributed by atoms with Crippen LogP contribution in [0, 0.1) is 0 Å². The minimum absolute atomic E-state index is 0.116. The molecule has 0 aromatic heterocycles. The number of carboxylic acid groups (broad SMARTS) is 1. The zero-order chi connectivity index (χ0) is 18.7. The Bertz CT molecular complexity index is 816. The Morgan fingerprint density at radius 2 is 1.92 bits per heavy atom. The molecule has 6 nitrogen and oxygen atoms in total. The molecule has 0 aliphatic carbocycles. The van der Waals surface area contributed by atoms with Gasteiger partial charge in [-0.05, 0) is 50.6 Å². The number of anilines is 1. The van der Waals surface area contributed by atoms with Crippen molar-refractivity contribution in [3.05, 3.63) is 54.1 Å². The van der Waals surface area contributed by atoms with E-state index in [-0.39, 0.29) is 11.5 Å². The van der Waals surface area contributed by atoms with Gasteiger partial charge in [-0.2, -0.15) is 0 Å². The van der Waals surface area contributed by atoms with Gasteiger partial charge in [-0.3, -0.25) is 4.79 Å². The van der Waals surface area contributed by atoms with Crippen LogP contribution in [0.4, 0.5) is 5.69 Å². The summed E-state index contributed by atoms with van der Waals surface area (Å²) in [5.74, 6) is 0.0305. The molecule has 0 unspecified atom stereocenters. The average Bonchev–Trinajstić information content (AvgIpc) is 2.61. The second-order valence-corrected chi connectivity index (χ2v) is 6.57. The Labute approximate surface area is 152 Å². The van der Waals surface area contributed by atoms with Crippen molar-refractivity contribution in [3.8, 4) is 11.5 Å². The fourth-order valence-electron chi connectivity index (χ4n) is 2.85. The van der Waals surface area contributed by atoms with Crippen LogP contribution in [-0.4, -0.2) is 35.7 Å². The number of aromatic carboxylic acids is 1. The number of hydrogen-bond donors (Lipinski definition) is 1. The molecule has 0 fully saturated rings. The molecule has 1 N–H and O–H groups in total. The first kappa shape index (κ1) is 17.8. The SMILES string of the molecule is CC1(C)Oc2ccc(C(=O)O)cc2N(CCCOc2ccccc2)C1=O. The molecule has 0 bridgehead atoms. The fraction of sp³-hybridized carbons (Fsp3) is 0.300. The predicted molar refractivity (Wildman–Crippen MR) is 97.0 cm³/mol. The Kier molecular flexibility index (Phi) is 4.84. The number of fused-ring (bicyclic) bond motifs is 1. The van der Waals surface area contributed by atoms with E-state index in [4.69, 9.17) is 9.47 Å². The first-order valence-electron chi connectivity index (χ1n) is 8.45. The molecule has 1 aliphatic rings. The number of ether oxygens (including phenoxy) is 2. The van der Waals surface area contributed by atoms with Gasteiger partial charge in [-0.1, -0.05) is 18.2 Å². The van der Waals surface area contributed by atoms with Crippen LogP contribution in [-0.2, 0) is 4.79 Å². The van der Waals surface area contributed by atoms with E-state index in [9.17, 15) is 14.7 Å². The summed E-state index contributed by atoms with van der Waals surface area (Å²) < 4.78 is 11.4. The Balaban J connectivity index is 1.75. The van der Waals surface area contributed by atoms with E-state index < -0.39 is 11.6 Å². The maximum atomic E-state index is 12.8. The normalized spacial score (nSPS) is 15.2. The molecule has 6 heteroatoms. The number of nitrogens with zero attached hydrogens (tertiary/aromatic N) is 1. The topological polar surface area (TPSA) is 76.1 Å². The highest BCUT2D eigenvalue weighted by atomic mass is 16.5. The van der Waals surface area contributed by atoms with Gasteiger partial charge >= 0.3 is 5.97 Å². The van der Waals surface area contributed by atoms with Crippen LogP contribution in [0.3, 0.4) is 0 Å². The van der Waals surface area contributed by atoms with Gasteiger partial charge < -0.3 is 19.5 Å². The quantitative estimate of drug-likeness (QED) is 0.804. The minimum Gasteiger partial charge on any atom is -0.494 e. The summed E-state index contributed by atoms with van der Waals surface area (Å²) in [5, 5.41) is 9.22. The lowest BCUT2D eigenvalue weighted by Gasteiger charge is -2.39. The number of para-hydroxylation sites is 1. The van der Waals surface area contributed by atoms with Crippen molar-refractivity contribution in [1.82, 2.24) is 0 Å². The van der Waals surface area contributed by atoms with Crippen LogP contribution in [0.1, 0.15) is 30.6 Å². The summed E-state index contributed by atoms with van der Waals surface area (Å²) in [7, 11) is 0. The molecule has 0 radical (unpaired) electrons. The van der Waals surface area contributed by atoms with Crippen molar-refractivity contribution in [2.75, 3.05) is 18.1 Å². The molecule has 2 aromatic rings. The highest BCUT2D eigenvalue weighted by Crippen LogP contribution is 2.38. The third-order valence-electron chi connectivity index (χ3n) is 4.16. The van der Waals surface area contributed by atoms with Crippen molar-refractivity contribution in [2.24, 2.45) is 0 Å². The van der Waals surface area contributed by atoms with Gasteiger partial charge in [0.25, 0.3) is 5.91 Å². The number of carboxylic acids is 1. The van der Waals surface area contributed by atoms with Crippen LogP contribution in [0.25, 0.3) is 0 Å². The molecule has 0 saturated carbocycles. The number of hydrogen-bond acceptors (Lipinski definition) is 4. The molecule has 2 aromatic carbocycles. The number of amides is 1. The minimum atomic E-state index is -1.04. The lowest BCUT2D eigenvalue weighted by atomic mass is 10.0. The van der Waals surface area contributed by atoms with E-state index in [2.05, 4.69) is 0 Å². The van der Waals surface area contributed by atoms with Gasteiger partial charge in [0, 0.05) is 6.54 Å². The van der Waals surface area contributed by atoms with Gasteiger partial charge in [-0.15, -0.1) is 0 Å². The highest BCUT2D eigenvalue weighted by Gasteiger charge is 2.40. The molecule has 1 amide bonds. The molecule has 0 spiro atoms. The zero-order valence-electron chi connectivity index (χ0n) is 14.8. The fourth-order valence-corrected chi connectivity index (χ4v) is 2.85. The average molecular weight is 355 g/mol. The molecule has 0 saturated heterocycles. The largest absolute Gasteiger partial charge is 0.494 e. The third-order valence-corrected chi connectivity index (χ3v) is 4.16. The summed E-state index contributed by atoms with van der Waals surface area (Å²) in [6.45, 7) is 4.27. The molecule has 3 rings (SSSR count). The van der Waals surface area contributed by atoms with E-state index in [0.29, 0.717) is 31.0 Å². The van der Waals surface area contributed by atoms with Crippen LogP contribution in [0.15, 0.2) is 48.5 Å². The lowest BCUT2D eigenvalue weighted by Crippen LogP contribution is -2.53. The van der Waals surface area contributed by atoms with Gasteiger partial charge in [0.1, 0.15) is 11.5 Å². The predicted octanol–water partition coefficient (Wildman–Crippen LogP) is 3.36. The van der Waals surface area contributed by atoms with Crippen LogP contribution < -0.4 is 14.4 Å². The molecule has 1 heterocycles. The first-order chi connectivity index (χ1) is 12.4. The zero-order valence-corrected chi connectivity index (χ0v) is 14.8. The number of benzene rings is 2. The Hall–Kier alpha value is -3.02. The second-order valence-electron chi connectivity index (χ2n) is 6.57. The smallest absolute Gasteiger partial charge is 0.335 e. The van der Waals surface area contributed by atoms with Gasteiger partial charge in [-0.25, -0.2) is 4.79 Å². The van der Waals surface area contributed by atoms with Crippen LogP contribution in [0.2, 0.25) is 0 Å². The van der Waals surface area contributed by atoms with Crippen molar-refractivity contribution in [1.29, 1.82) is 0 Å². The Morgan fingerprint density at radius 3 is 2.62 bits per heavy atom. The van der Waals surface area contributed by atoms with Crippen LogP contribution >= 0.6 is 0 Å². The number of carbonyl (C=O) groups excluding carboxylic acids is 1. The van der Waals surface area contributed by atoms with Crippen molar-refractivity contribution in [2.45, 2.75) is 25.9 Å². The standard InChI is InChI=1S/C20H21NO5/c1-20(2)19(24)21(11-6-12-25-15-7-4-3-5-8-15)16-13-14(18(22)23)9-10-17(16)26-20/h3-5,7-10,13H,6,11-12H2,1-2H3,(H,22,23). The molecular formula is C20H21NO5. The van der Waals surface area contributed by atoms with E-state index >= 15 is 0 Å². The first-order valence-corrected chi connectivity index (χ1v) is 8.45. The van der Waals surface area contributed by atoms with E-state index in [1.807, 2.05) is 30.3 Å².